The molecule has 0 atom stereocenters. The van der Waals surface area contributed by atoms with Gasteiger partial charge in [-0.2, -0.15) is 15.2 Å². The maximum Gasteiger partial charge on any atom is 0.363 e. The van der Waals surface area contributed by atoms with Crippen LogP contribution < -0.4 is 20.6 Å². The molecule has 0 saturated carbocycles. The van der Waals surface area contributed by atoms with Crippen LogP contribution in [0.4, 0.5) is 5.82 Å². The van der Waals surface area contributed by atoms with Crippen LogP contribution in [0.5, 0.6) is 11.5 Å². The van der Waals surface area contributed by atoms with E-state index in [4.69, 9.17) is 9.47 Å². The minimum Gasteiger partial charge on any atom is -0.493 e. The van der Waals surface area contributed by atoms with Crippen molar-refractivity contribution in [2.45, 2.75) is 13.5 Å². The second kappa shape index (κ2) is 9.14. The summed E-state index contributed by atoms with van der Waals surface area (Å²) in [6, 6.07) is 13.4. The highest BCUT2D eigenvalue weighted by Gasteiger charge is 2.10. The number of methoxy groups -OCH3 is 1. The van der Waals surface area contributed by atoms with Gasteiger partial charge < -0.3 is 9.47 Å². The van der Waals surface area contributed by atoms with Gasteiger partial charge in [-0.05, 0) is 36.8 Å². The fourth-order valence-corrected chi connectivity index (χ4v) is 2.61. The summed E-state index contributed by atoms with van der Waals surface area (Å²) in [6.07, 6.45) is 1.57. The Balaban J connectivity index is 1.79. The van der Waals surface area contributed by atoms with Gasteiger partial charge in [0, 0.05) is 10.0 Å². The van der Waals surface area contributed by atoms with Crippen LogP contribution in [0.2, 0.25) is 0 Å². The molecule has 144 valence electrons. The monoisotopic (exact) mass is 443 g/mol. The number of halogens is 1. The van der Waals surface area contributed by atoms with Gasteiger partial charge in [-0.15, -0.1) is 0 Å². The highest BCUT2D eigenvalue weighted by Crippen LogP contribution is 2.31. The number of hydrogen-bond donors (Lipinski definition) is 2. The molecule has 0 aliphatic carbocycles. The van der Waals surface area contributed by atoms with Crippen molar-refractivity contribution in [1.82, 2.24) is 15.2 Å². The molecule has 0 spiro atoms. The first-order valence-electron chi connectivity index (χ1n) is 8.33. The molecule has 8 nitrogen and oxygen atoms in total. The lowest BCUT2D eigenvalue weighted by atomic mass is 10.2. The zero-order chi connectivity index (χ0) is 19.9. The summed E-state index contributed by atoms with van der Waals surface area (Å²) in [7, 11) is 1.58. The molecule has 9 heteroatoms. The van der Waals surface area contributed by atoms with Gasteiger partial charge in [0.1, 0.15) is 12.3 Å². The van der Waals surface area contributed by atoms with Gasteiger partial charge in [-0.3, -0.25) is 5.43 Å². The van der Waals surface area contributed by atoms with Gasteiger partial charge >= 0.3 is 5.69 Å². The minimum absolute atomic E-state index is 0.278. The first-order chi connectivity index (χ1) is 13.6. The van der Waals surface area contributed by atoms with E-state index in [-0.39, 0.29) is 5.82 Å². The van der Waals surface area contributed by atoms with E-state index < -0.39 is 5.69 Å². The number of H-pyrrole nitrogens is 1. The van der Waals surface area contributed by atoms with E-state index in [1.165, 1.54) is 0 Å². The van der Waals surface area contributed by atoms with Crippen molar-refractivity contribution in [2.24, 2.45) is 5.10 Å². The Morgan fingerprint density at radius 3 is 2.79 bits per heavy atom. The number of benzene rings is 2. The van der Waals surface area contributed by atoms with Gasteiger partial charge in [0.2, 0.25) is 0 Å². The van der Waals surface area contributed by atoms with Gasteiger partial charge in [0.15, 0.2) is 17.3 Å². The van der Waals surface area contributed by atoms with E-state index in [9.17, 15) is 4.79 Å². The standard InChI is InChI=1S/C19H18BrN5O3/c1-12-18(22-19(26)25-23-12)24-21-10-14-4-3-5-16(27-2)17(14)28-11-13-6-8-15(20)9-7-13/h3-10H,11H2,1-2H3,(H2,22,24,25,26). The third-order valence-electron chi connectivity index (χ3n) is 3.78. The summed E-state index contributed by atoms with van der Waals surface area (Å²) in [6.45, 7) is 2.08. The number of aryl methyl sites for hydroxylation is 1. The molecule has 0 radical (unpaired) electrons. The van der Waals surface area contributed by atoms with Gasteiger partial charge in [0.05, 0.1) is 13.3 Å². The molecule has 1 heterocycles. The Morgan fingerprint density at radius 2 is 2.04 bits per heavy atom. The fraction of sp³-hybridized carbons (Fsp3) is 0.158. The molecule has 0 saturated heterocycles. The summed E-state index contributed by atoms with van der Waals surface area (Å²) in [5.74, 6) is 1.43. The van der Waals surface area contributed by atoms with Gasteiger partial charge in [0.25, 0.3) is 0 Å². The normalized spacial score (nSPS) is 10.8. The van der Waals surface area contributed by atoms with E-state index in [2.05, 4.69) is 41.6 Å². The predicted octanol–water partition coefficient (Wildman–Crippen LogP) is 3.27. The summed E-state index contributed by atoms with van der Waals surface area (Å²) >= 11 is 3.42. The second-order valence-corrected chi connectivity index (χ2v) is 6.65. The largest absolute Gasteiger partial charge is 0.493 e. The number of anilines is 1. The third-order valence-corrected chi connectivity index (χ3v) is 4.30. The maximum atomic E-state index is 11.3. The first-order valence-corrected chi connectivity index (χ1v) is 9.13. The number of nitrogens with zero attached hydrogens (tertiary/aromatic N) is 3. The van der Waals surface area contributed by atoms with Crippen molar-refractivity contribution in [3.05, 3.63) is 74.2 Å². The van der Waals surface area contributed by atoms with Crippen LogP contribution in [-0.2, 0) is 6.61 Å². The summed E-state index contributed by atoms with van der Waals surface area (Å²) in [5.41, 5.74) is 4.42. The predicted molar refractivity (Wildman–Crippen MR) is 110 cm³/mol. The molecule has 0 fully saturated rings. The van der Waals surface area contributed by atoms with Crippen LogP contribution in [0.25, 0.3) is 0 Å². The molecule has 0 aliphatic heterocycles. The Labute approximate surface area is 169 Å². The van der Waals surface area contributed by atoms with Crippen LogP contribution in [-0.4, -0.2) is 28.5 Å². The number of rotatable bonds is 7. The highest BCUT2D eigenvalue weighted by atomic mass is 79.9. The minimum atomic E-state index is -0.553. The Bertz CT molecular complexity index is 1030. The SMILES string of the molecule is COc1cccc(C=NNc2nc(=O)[nH]nc2C)c1OCc1ccc(Br)cc1. The smallest absolute Gasteiger partial charge is 0.363 e. The van der Waals surface area contributed by atoms with Crippen LogP contribution in [0.15, 0.2) is 56.8 Å². The topological polar surface area (TPSA) is 101 Å². The van der Waals surface area contributed by atoms with Gasteiger partial charge in [-0.1, -0.05) is 34.1 Å². The Kier molecular flexibility index (Phi) is 6.38. The molecule has 0 unspecified atom stereocenters. The number of hydrazone groups is 1. The van der Waals surface area contributed by atoms with Crippen LogP contribution in [0, 0.1) is 6.92 Å². The lowest BCUT2D eigenvalue weighted by Gasteiger charge is -2.13. The molecule has 0 aliphatic rings. The first kappa shape index (κ1) is 19.6. The van der Waals surface area contributed by atoms with E-state index in [0.29, 0.717) is 29.4 Å². The van der Waals surface area contributed by atoms with Crippen molar-refractivity contribution in [3.63, 3.8) is 0 Å². The molecular weight excluding hydrogens is 426 g/mol. The number of ether oxygens (including phenoxy) is 2. The fourth-order valence-electron chi connectivity index (χ4n) is 2.35. The summed E-state index contributed by atoms with van der Waals surface area (Å²) < 4.78 is 12.4. The van der Waals surface area contributed by atoms with E-state index in [1.807, 2.05) is 42.5 Å². The summed E-state index contributed by atoms with van der Waals surface area (Å²) in [5, 5.41) is 10.2. The molecule has 2 aromatic carbocycles. The maximum absolute atomic E-state index is 11.3. The van der Waals surface area contributed by atoms with Crippen LogP contribution >= 0.6 is 15.9 Å². The van der Waals surface area contributed by atoms with Crippen molar-refractivity contribution >= 4 is 28.0 Å². The van der Waals surface area contributed by atoms with E-state index >= 15 is 0 Å². The molecule has 3 rings (SSSR count). The lowest BCUT2D eigenvalue weighted by Crippen LogP contribution is -2.15. The van der Waals surface area contributed by atoms with Crippen molar-refractivity contribution in [1.29, 1.82) is 0 Å². The second-order valence-electron chi connectivity index (χ2n) is 5.74. The molecule has 1 aromatic heterocycles. The van der Waals surface area contributed by atoms with Crippen LogP contribution in [0.3, 0.4) is 0 Å². The molecule has 3 aromatic rings. The average Bonchev–Trinajstić information content (AvgIpc) is 2.70. The third kappa shape index (κ3) is 4.95. The Morgan fingerprint density at radius 1 is 1.25 bits per heavy atom. The molecular formula is C19H18BrN5O3. The number of aromatic amines is 1. The Hall–Kier alpha value is -3.20. The summed E-state index contributed by atoms with van der Waals surface area (Å²) in [4.78, 5) is 15.1. The van der Waals surface area contributed by atoms with E-state index in [1.54, 1.807) is 20.2 Å². The number of nitrogens with one attached hydrogen (secondary N) is 2. The van der Waals surface area contributed by atoms with Crippen LogP contribution in [0.1, 0.15) is 16.8 Å². The molecule has 0 bridgehead atoms. The highest BCUT2D eigenvalue weighted by molar-refractivity contribution is 9.10. The van der Waals surface area contributed by atoms with Crippen molar-refractivity contribution < 1.29 is 9.47 Å². The quantitative estimate of drug-likeness (QED) is 0.429. The molecule has 28 heavy (non-hydrogen) atoms. The average molecular weight is 444 g/mol. The lowest BCUT2D eigenvalue weighted by molar-refractivity contribution is 0.284. The number of aromatic nitrogens is 3. The van der Waals surface area contributed by atoms with Crippen molar-refractivity contribution in [2.75, 3.05) is 12.5 Å². The molecule has 2 N–H and O–H groups in total. The zero-order valence-corrected chi connectivity index (χ0v) is 16.9. The number of hydrogen-bond acceptors (Lipinski definition) is 7. The van der Waals surface area contributed by atoms with Crippen molar-refractivity contribution in [3.8, 4) is 11.5 Å². The number of para-hydroxylation sites is 1. The zero-order valence-electron chi connectivity index (χ0n) is 15.3. The van der Waals surface area contributed by atoms with E-state index in [0.717, 1.165) is 10.0 Å². The molecule has 0 amide bonds. The van der Waals surface area contributed by atoms with Gasteiger partial charge in [-0.25, -0.2) is 9.89 Å².